The minimum atomic E-state index is -3.23. The van der Waals surface area contributed by atoms with Gasteiger partial charge in [0.1, 0.15) is 18.1 Å². The third-order valence-corrected chi connectivity index (χ3v) is 5.76. The van der Waals surface area contributed by atoms with E-state index in [0.717, 1.165) is 22.8 Å². The van der Waals surface area contributed by atoms with Gasteiger partial charge in [-0.25, -0.2) is 0 Å². The Bertz CT molecular complexity index is 1190. The molecule has 1 aromatic heterocycles. The second kappa shape index (κ2) is 12.6. The summed E-state index contributed by atoms with van der Waals surface area (Å²) in [5.41, 5.74) is 2.51. The standard InChI is InChI=1S/C27H32F2N4O4/c1-5-19(14-23(30-4)27(3,28)29)26(35)31-21-7-6-18(2)22(17-21)20-15-24(33-8-11-36-12-9-33)32-25(16-20)37-13-10-34/h5-7,14-17,34H,4,8-13H2,1-3H3,(H,31,35)/b19-5+,23-14-. The van der Waals surface area contributed by atoms with Crippen molar-refractivity contribution in [2.45, 2.75) is 26.7 Å². The number of ether oxygens (including phenoxy) is 2. The molecule has 1 fully saturated rings. The molecule has 10 heteroatoms. The van der Waals surface area contributed by atoms with E-state index < -0.39 is 17.5 Å². The SMILES string of the molecule is C=N/C(=C\C(=C/C)C(=O)Nc1ccc(C)c(-c2cc(OCCO)nc(N3CCOCC3)c2)c1)C(C)(F)F. The number of aromatic nitrogens is 1. The first-order valence-electron chi connectivity index (χ1n) is 11.9. The number of morpholine rings is 1. The van der Waals surface area contributed by atoms with Crippen LogP contribution in [0.5, 0.6) is 5.88 Å². The highest BCUT2D eigenvalue weighted by atomic mass is 19.3. The Morgan fingerprint density at radius 3 is 2.68 bits per heavy atom. The molecule has 198 valence electrons. The van der Waals surface area contributed by atoms with E-state index in [4.69, 9.17) is 9.47 Å². The van der Waals surface area contributed by atoms with Crippen molar-refractivity contribution >= 4 is 24.1 Å². The first kappa shape index (κ1) is 27.9. The molecular formula is C27H32F2N4O4. The summed E-state index contributed by atoms with van der Waals surface area (Å²) >= 11 is 0. The Morgan fingerprint density at radius 1 is 1.32 bits per heavy atom. The number of pyridine rings is 1. The summed E-state index contributed by atoms with van der Waals surface area (Å²) in [6.07, 6.45) is 2.46. The van der Waals surface area contributed by atoms with E-state index in [0.29, 0.717) is 50.6 Å². The van der Waals surface area contributed by atoms with Crippen molar-refractivity contribution in [3.63, 3.8) is 0 Å². The van der Waals surface area contributed by atoms with Crippen LogP contribution in [-0.2, 0) is 9.53 Å². The van der Waals surface area contributed by atoms with Crippen molar-refractivity contribution in [1.82, 2.24) is 4.98 Å². The van der Waals surface area contributed by atoms with Crippen LogP contribution in [-0.4, -0.2) is 68.2 Å². The number of benzene rings is 1. The summed E-state index contributed by atoms with van der Waals surface area (Å²) in [6, 6.07) is 9.12. The average molecular weight is 515 g/mol. The molecule has 0 atom stereocenters. The monoisotopic (exact) mass is 514 g/mol. The highest BCUT2D eigenvalue weighted by Gasteiger charge is 2.27. The lowest BCUT2D eigenvalue weighted by molar-refractivity contribution is -0.112. The number of nitrogens with zero attached hydrogens (tertiary/aromatic N) is 3. The van der Waals surface area contributed by atoms with Crippen molar-refractivity contribution in [1.29, 1.82) is 0 Å². The van der Waals surface area contributed by atoms with Crippen LogP contribution in [0.2, 0.25) is 0 Å². The van der Waals surface area contributed by atoms with Gasteiger partial charge < -0.3 is 24.8 Å². The van der Waals surface area contributed by atoms with Gasteiger partial charge in [0.05, 0.1) is 19.8 Å². The maximum absolute atomic E-state index is 13.7. The van der Waals surface area contributed by atoms with Crippen LogP contribution >= 0.6 is 0 Å². The van der Waals surface area contributed by atoms with Gasteiger partial charge in [-0.1, -0.05) is 12.1 Å². The number of nitrogens with one attached hydrogen (secondary N) is 1. The topological polar surface area (TPSA) is 96.3 Å². The van der Waals surface area contributed by atoms with Crippen LogP contribution in [0, 0.1) is 6.92 Å². The predicted octanol–water partition coefficient (Wildman–Crippen LogP) is 4.39. The number of alkyl halides is 2. The Labute approximate surface area is 215 Å². The molecule has 2 heterocycles. The minimum Gasteiger partial charge on any atom is -0.475 e. The normalized spacial score (nSPS) is 14.9. The molecule has 2 aromatic rings. The molecule has 1 amide bonds. The van der Waals surface area contributed by atoms with Gasteiger partial charge in [-0.3, -0.25) is 9.79 Å². The zero-order valence-electron chi connectivity index (χ0n) is 21.3. The fourth-order valence-corrected chi connectivity index (χ4v) is 3.78. The van der Waals surface area contributed by atoms with E-state index in [2.05, 4.69) is 26.9 Å². The number of aliphatic hydroxyl groups is 1. The van der Waals surface area contributed by atoms with Gasteiger partial charge in [0.2, 0.25) is 5.88 Å². The van der Waals surface area contributed by atoms with E-state index in [-0.39, 0.29) is 18.8 Å². The van der Waals surface area contributed by atoms with Crippen LogP contribution < -0.4 is 15.0 Å². The van der Waals surface area contributed by atoms with Crippen molar-refractivity contribution in [3.8, 4) is 17.0 Å². The Balaban J connectivity index is 1.94. The molecule has 8 nitrogen and oxygen atoms in total. The lowest BCUT2D eigenvalue weighted by Gasteiger charge is -2.28. The number of halogens is 2. The molecule has 0 aliphatic carbocycles. The highest BCUT2D eigenvalue weighted by Crippen LogP contribution is 2.32. The van der Waals surface area contributed by atoms with Crippen LogP contribution in [0.3, 0.4) is 0 Å². The minimum absolute atomic E-state index is 0.0317. The van der Waals surface area contributed by atoms with Crippen molar-refractivity contribution < 1.29 is 28.2 Å². The fourth-order valence-electron chi connectivity index (χ4n) is 3.78. The van der Waals surface area contributed by atoms with Gasteiger partial charge in [-0.2, -0.15) is 13.8 Å². The molecule has 3 rings (SSSR count). The van der Waals surface area contributed by atoms with Crippen LogP contribution in [0.1, 0.15) is 19.4 Å². The van der Waals surface area contributed by atoms with Crippen LogP contribution in [0.4, 0.5) is 20.3 Å². The molecule has 0 unspecified atom stereocenters. The lowest BCUT2D eigenvalue weighted by atomic mass is 10.00. The maximum atomic E-state index is 13.7. The summed E-state index contributed by atoms with van der Waals surface area (Å²) in [6.45, 7) is 9.91. The van der Waals surface area contributed by atoms with Gasteiger partial charge in [-0.05, 0) is 61.5 Å². The molecule has 0 bridgehead atoms. The van der Waals surface area contributed by atoms with E-state index in [1.165, 1.54) is 6.08 Å². The van der Waals surface area contributed by atoms with E-state index >= 15 is 0 Å². The van der Waals surface area contributed by atoms with Crippen LogP contribution in [0.25, 0.3) is 11.1 Å². The first-order valence-corrected chi connectivity index (χ1v) is 11.9. The van der Waals surface area contributed by atoms with E-state index in [9.17, 15) is 18.7 Å². The van der Waals surface area contributed by atoms with E-state index in [1.807, 2.05) is 19.1 Å². The quantitative estimate of drug-likeness (QED) is 0.277. The van der Waals surface area contributed by atoms with Gasteiger partial charge in [0.15, 0.2) is 0 Å². The van der Waals surface area contributed by atoms with E-state index in [1.54, 1.807) is 25.1 Å². The third-order valence-electron chi connectivity index (χ3n) is 5.76. The first-order chi connectivity index (χ1) is 17.7. The summed E-state index contributed by atoms with van der Waals surface area (Å²) in [5.74, 6) is -2.71. The molecule has 1 saturated heterocycles. The molecule has 0 saturated carbocycles. The number of aliphatic hydroxyl groups excluding tert-OH is 1. The number of rotatable bonds is 10. The molecule has 1 aliphatic rings. The number of carbonyl (C=O) groups is 1. The molecule has 37 heavy (non-hydrogen) atoms. The number of hydrogen-bond acceptors (Lipinski definition) is 7. The summed E-state index contributed by atoms with van der Waals surface area (Å²) in [5, 5.41) is 12.0. The van der Waals surface area contributed by atoms with Gasteiger partial charge in [-0.15, -0.1) is 0 Å². The number of anilines is 2. The Hall–Kier alpha value is -3.63. The smallest absolute Gasteiger partial charge is 0.286 e. The largest absolute Gasteiger partial charge is 0.475 e. The summed E-state index contributed by atoms with van der Waals surface area (Å²) in [7, 11) is 0. The number of allylic oxidation sites excluding steroid dienone is 2. The summed E-state index contributed by atoms with van der Waals surface area (Å²) < 4.78 is 38.5. The average Bonchev–Trinajstić information content (AvgIpc) is 2.88. The lowest BCUT2D eigenvalue weighted by Crippen LogP contribution is -2.36. The second-order valence-corrected chi connectivity index (χ2v) is 8.53. The summed E-state index contributed by atoms with van der Waals surface area (Å²) in [4.78, 5) is 22.9. The zero-order valence-corrected chi connectivity index (χ0v) is 21.3. The predicted molar refractivity (Wildman–Crippen MR) is 141 cm³/mol. The molecule has 0 radical (unpaired) electrons. The molecule has 1 aromatic carbocycles. The van der Waals surface area contributed by atoms with Crippen molar-refractivity contribution in [3.05, 3.63) is 59.3 Å². The zero-order chi connectivity index (χ0) is 27.0. The van der Waals surface area contributed by atoms with Crippen LogP contribution in [0.15, 0.2) is 58.7 Å². The molecular weight excluding hydrogens is 482 g/mol. The van der Waals surface area contributed by atoms with Gasteiger partial charge >= 0.3 is 0 Å². The highest BCUT2D eigenvalue weighted by molar-refractivity contribution is 6.06. The maximum Gasteiger partial charge on any atom is 0.286 e. The van der Waals surface area contributed by atoms with Gasteiger partial charge in [0.25, 0.3) is 11.8 Å². The number of aliphatic imine (C=N–C) groups is 1. The second-order valence-electron chi connectivity index (χ2n) is 8.53. The number of aryl methyl sites for hydroxylation is 1. The molecule has 1 aliphatic heterocycles. The number of carbonyl (C=O) groups excluding carboxylic acids is 1. The number of hydrogen-bond donors (Lipinski definition) is 2. The van der Waals surface area contributed by atoms with Crippen molar-refractivity contribution in [2.24, 2.45) is 4.99 Å². The number of amides is 1. The third kappa shape index (κ3) is 7.43. The molecule has 0 spiro atoms. The van der Waals surface area contributed by atoms with Crippen molar-refractivity contribution in [2.75, 3.05) is 49.7 Å². The Morgan fingerprint density at radius 2 is 2.05 bits per heavy atom. The molecule has 2 N–H and O–H groups in total. The van der Waals surface area contributed by atoms with Gasteiger partial charge in [0, 0.05) is 37.3 Å². The fraction of sp³-hybridized carbons (Fsp3) is 0.370. The Kier molecular flexibility index (Phi) is 9.48.